The minimum Gasteiger partial charge on any atom is -0.478 e. The third-order valence-corrected chi connectivity index (χ3v) is 3.94. The molecule has 0 bridgehead atoms. The molecule has 0 heterocycles. The van der Waals surface area contributed by atoms with Crippen LogP contribution in [0.25, 0.3) is 0 Å². The number of hydrogen-bond donors (Lipinski definition) is 5. The molecule has 0 rings (SSSR count). The number of rotatable bonds is 16. The van der Waals surface area contributed by atoms with Crippen molar-refractivity contribution >= 4 is 5.97 Å². The number of carboxylic acids is 1. The lowest BCUT2D eigenvalue weighted by molar-refractivity contribution is -0.131. The summed E-state index contributed by atoms with van der Waals surface area (Å²) < 4.78 is 0. The lowest BCUT2D eigenvalue weighted by atomic mass is 10.1. The Morgan fingerprint density at radius 3 is 2.07 bits per heavy atom. The normalized spacial score (nSPS) is 17.2. The first kappa shape index (κ1) is 27.8. The summed E-state index contributed by atoms with van der Waals surface area (Å²) in [7, 11) is 0. The van der Waals surface area contributed by atoms with E-state index in [1.165, 1.54) is 6.08 Å². The van der Waals surface area contributed by atoms with Crippen LogP contribution in [0.2, 0.25) is 0 Å². The summed E-state index contributed by atoms with van der Waals surface area (Å²) in [5.41, 5.74) is 0. The van der Waals surface area contributed by atoms with Crippen LogP contribution < -0.4 is 0 Å². The maximum atomic E-state index is 10.3. The fourth-order valence-electron chi connectivity index (χ4n) is 2.37. The molecule has 0 saturated carbocycles. The summed E-state index contributed by atoms with van der Waals surface area (Å²) in [5, 5.41) is 47.2. The molecule has 0 aliphatic heterocycles. The fraction of sp³-hybridized carbons (Fsp3) is 0.458. The van der Waals surface area contributed by atoms with Gasteiger partial charge in [0, 0.05) is 12.5 Å². The van der Waals surface area contributed by atoms with Gasteiger partial charge in [0.05, 0.1) is 24.4 Å². The first-order valence-electron chi connectivity index (χ1n) is 10.3. The second-order valence-corrected chi connectivity index (χ2v) is 7.03. The summed E-state index contributed by atoms with van der Waals surface area (Å²) in [6.07, 6.45) is 20.8. The van der Waals surface area contributed by atoms with Gasteiger partial charge in [0.2, 0.25) is 0 Å². The molecule has 0 aromatic heterocycles. The van der Waals surface area contributed by atoms with E-state index in [1.807, 2.05) is 12.2 Å². The molecule has 0 saturated heterocycles. The number of allylic oxidation sites excluding steroid dienone is 7. The predicted molar refractivity (Wildman–Crippen MR) is 120 cm³/mol. The summed E-state index contributed by atoms with van der Waals surface area (Å²) in [6.45, 7) is 1.77. The highest BCUT2D eigenvalue weighted by Gasteiger charge is 2.07. The van der Waals surface area contributed by atoms with Crippen molar-refractivity contribution in [2.45, 2.75) is 69.9 Å². The number of carboxylic acid groups (broad SMARTS) is 1. The highest BCUT2D eigenvalue weighted by Crippen LogP contribution is 2.06. The summed E-state index contributed by atoms with van der Waals surface area (Å²) in [5.74, 6) is -1.02. The number of aliphatic hydroxyl groups is 4. The van der Waals surface area contributed by atoms with Gasteiger partial charge in [-0.3, -0.25) is 0 Å². The molecule has 0 amide bonds. The number of unbranched alkanes of at least 4 members (excludes halogenated alkanes) is 1. The van der Waals surface area contributed by atoms with E-state index < -0.39 is 24.3 Å². The van der Waals surface area contributed by atoms with E-state index in [0.29, 0.717) is 12.8 Å². The van der Waals surface area contributed by atoms with Gasteiger partial charge in [0.15, 0.2) is 0 Å². The number of carbonyl (C=O) groups is 1. The molecule has 0 aliphatic carbocycles. The van der Waals surface area contributed by atoms with Crippen LogP contribution in [-0.4, -0.2) is 55.9 Å². The van der Waals surface area contributed by atoms with Gasteiger partial charge in [-0.05, 0) is 39.0 Å². The Morgan fingerprint density at radius 2 is 1.40 bits per heavy atom. The second kappa shape index (κ2) is 18.8. The van der Waals surface area contributed by atoms with Crippen molar-refractivity contribution < 1.29 is 30.3 Å². The molecule has 6 nitrogen and oxygen atoms in total. The van der Waals surface area contributed by atoms with Crippen molar-refractivity contribution in [2.75, 3.05) is 0 Å². The molecule has 0 unspecified atom stereocenters. The number of aliphatic carboxylic acids is 1. The maximum Gasteiger partial charge on any atom is 0.328 e. The van der Waals surface area contributed by atoms with Crippen LogP contribution in [0.1, 0.15) is 45.4 Å². The minimum atomic E-state index is -1.02. The first-order valence-corrected chi connectivity index (χ1v) is 10.3. The van der Waals surface area contributed by atoms with Gasteiger partial charge in [-0.25, -0.2) is 4.79 Å². The van der Waals surface area contributed by atoms with Gasteiger partial charge in [0.1, 0.15) is 0 Å². The zero-order valence-electron chi connectivity index (χ0n) is 17.6. The maximum absolute atomic E-state index is 10.3. The van der Waals surface area contributed by atoms with E-state index in [1.54, 1.807) is 55.5 Å². The average Bonchev–Trinajstić information content (AvgIpc) is 2.66. The Hall–Kier alpha value is -2.25. The molecule has 4 atom stereocenters. The van der Waals surface area contributed by atoms with E-state index >= 15 is 0 Å². The molecule has 0 aromatic carbocycles. The molecular weight excluding hydrogens is 384 g/mol. The molecule has 168 valence electrons. The summed E-state index contributed by atoms with van der Waals surface area (Å²) >= 11 is 0. The molecular formula is C24H36O6. The molecule has 0 aromatic rings. The van der Waals surface area contributed by atoms with Crippen molar-refractivity contribution in [2.24, 2.45) is 0 Å². The van der Waals surface area contributed by atoms with Gasteiger partial charge >= 0.3 is 5.97 Å². The Bertz CT molecular complexity index is 613. The molecule has 30 heavy (non-hydrogen) atoms. The second-order valence-electron chi connectivity index (χ2n) is 7.03. The molecule has 6 heteroatoms. The van der Waals surface area contributed by atoms with Gasteiger partial charge in [0.25, 0.3) is 0 Å². The Balaban J connectivity index is 3.99. The molecule has 5 N–H and O–H groups in total. The van der Waals surface area contributed by atoms with Crippen LogP contribution in [0.3, 0.4) is 0 Å². The monoisotopic (exact) mass is 420 g/mol. The van der Waals surface area contributed by atoms with E-state index in [9.17, 15) is 20.1 Å². The molecule has 0 fully saturated rings. The molecule has 0 aliphatic rings. The summed E-state index contributed by atoms with van der Waals surface area (Å²) in [6, 6.07) is 0. The number of hydrogen-bond acceptors (Lipinski definition) is 5. The fourth-order valence-corrected chi connectivity index (χ4v) is 2.37. The highest BCUT2D eigenvalue weighted by molar-refractivity contribution is 5.80. The van der Waals surface area contributed by atoms with E-state index in [2.05, 4.69) is 0 Å². The molecule has 0 spiro atoms. The lowest BCUT2D eigenvalue weighted by Gasteiger charge is -2.10. The van der Waals surface area contributed by atoms with E-state index in [-0.39, 0.29) is 12.5 Å². The minimum absolute atomic E-state index is 0.234. The smallest absolute Gasteiger partial charge is 0.328 e. The van der Waals surface area contributed by atoms with Crippen molar-refractivity contribution in [3.63, 3.8) is 0 Å². The number of aliphatic hydroxyl groups excluding tert-OH is 4. The molecule has 0 radical (unpaired) electrons. The van der Waals surface area contributed by atoms with Gasteiger partial charge in [-0.1, -0.05) is 66.8 Å². The van der Waals surface area contributed by atoms with E-state index in [4.69, 9.17) is 10.2 Å². The van der Waals surface area contributed by atoms with E-state index in [0.717, 1.165) is 25.3 Å². The van der Waals surface area contributed by atoms with Gasteiger partial charge in [-0.15, -0.1) is 0 Å². The topological polar surface area (TPSA) is 118 Å². The van der Waals surface area contributed by atoms with Crippen molar-refractivity contribution in [1.29, 1.82) is 0 Å². The zero-order chi connectivity index (χ0) is 22.6. The van der Waals surface area contributed by atoms with Crippen LogP contribution >= 0.6 is 0 Å². The van der Waals surface area contributed by atoms with Crippen LogP contribution in [-0.2, 0) is 4.79 Å². The van der Waals surface area contributed by atoms with Gasteiger partial charge < -0.3 is 25.5 Å². The standard InChI is InChI=1S/C24H36O6/c1-20(25)13-7-3-2-4-8-16-22(27)19-23(28)17-11-5-9-14-21(26)15-10-6-12-18-24(29)30/h2,4-6,8-12,14,16,18,20-23,25-28H,3,7,13,15,17,19H2,1H3,(H,29,30)/b4-2+,10-6+,11-5?,14-9?,16-8+,18-12?/t20-,21-,22+,23+/m1/s1. The van der Waals surface area contributed by atoms with Crippen LogP contribution in [0.15, 0.2) is 72.9 Å². The van der Waals surface area contributed by atoms with Crippen molar-refractivity contribution in [3.05, 3.63) is 72.9 Å². The van der Waals surface area contributed by atoms with Crippen LogP contribution in [0.5, 0.6) is 0 Å². The Labute approximate surface area is 179 Å². The zero-order valence-corrected chi connectivity index (χ0v) is 17.6. The van der Waals surface area contributed by atoms with Gasteiger partial charge in [-0.2, -0.15) is 0 Å². The third kappa shape index (κ3) is 20.5. The lowest BCUT2D eigenvalue weighted by Crippen LogP contribution is -2.14. The summed E-state index contributed by atoms with van der Waals surface area (Å²) in [4.78, 5) is 10.3. The highest BCUT2D eigenvalue weighted by atomic mass is 16.4. The first-order chi connectivity index (χ1) is 14.3. The Kier molecular flexibility index (Phi) is 17.4. The van der Waals surface area contributed by atoms with Crippen molar-refractivity contribution in [3.8, 4) is 0 Å². The third-order valence-electron chi connectivity index (χ3n) is 3.94. The SMILES string of the molecule is C[C@@H](O)CCC/C=C/C=C/[C@H](O)C[C@@H](O)CC=CC=C[C@@H](O)C/C=C/C=CC(=O)O. The predicted octanol–water partition coefficient (Wildman–Crippen LogP) is 3.21. The average molecular weight is 421 g/mol. The quantitative estimate of drug-likeness (QED) is 0.149. The Morgan fingerprint density at radius 1 is 0.800 bits per heavy atom. The van der Waals surface area contributed by atoms with Crippen molar-refractivity contribution in [1.82, 2.24) is 0 Å². The van der Waals surface area contributed by atoms with Crippen LogP contribution in [0, 0.1) is 0 Å². The van der Waals surface area contributed by atoms with Crippen LogP contribution in [0.4, 0.5) is 0 Å². The largest absolute Gasteiger partial charge is 0.478 e.